The monoisotopic (exact) mass is 446 g/mol. The predicted molar refractivity (Wildman–Crippen MR) is 109 cm³/mol. The van der Waals surface area contributed by atoms with E-state index in [1.807, 2.05) is 17.8 Å². The summed E-state index contributed by atoms with van der Waals surface area (Å²) in [6, 6.07) is 2.56. The Morgan fingerprint density at radius 1 is 1.16 bits per heavy atom. The molecule has 3 aromatic rings. The molecule has 1 N–H and O–H groups in total. The summed E-state index contributed by atoms with van der Waals surface area (Å²) in [7, 11) is 1.85. The first-order valence-corrected chi connectivity index (χ1v) is 10.1. The van der Waals surface area contributed by atoms with Gasteiger partial charge in [0.15, 0.2) is 17.3 Å². The third-order valence-electron chi connectivity index (χ3n) is 5.37. The number of aryl methyl sites for hydroxylation is 2. The van der Waals surface area contributed by atoms with Crippen molar-refractivity contribution in [3.05, 3.63) is 52.6 Å². The second kappa shape index (κ2) is 7.19. The van der Waals surface area contributed by atoms with E-state index in [1.54, 1.807) is 0 Å². The van der Waals surface area contributed by atoms with Crippen LogP contribution in [0.4, 0.5) is 14.6 Å². The van der Waals surface area contributed by atoms with E-state index in [2.05, 4.69) is 24.8 Å². The maximum atomic E-state index is 13.3. The molecule has 10 heteroatoms. The fraction of sp³-hybridized carbons (Fsp3) is 0.286. The molecule has 0 atom stereocenters. The summed E-state index contributed by atoms with van der Waals surface area (Å²) in [4.78, 5) is 21.3. The predicted octanol–water partition coefficient (Wildman–Crippen LogP) is 4.59. The van der Waals surface area contributed by atoms with Crippen molar-refractivity contribution in [2.75, 3.05) is 5.32 Å². The van der Waals surface area contributed by atoms with Crippen LogP contribution in [-0.2, 0) is 19.9 Å². The number of ether oxygens (including phenoxy) is 2. The lowest BCUT2D eigenvalue weighted by Gasteiger charge is -2.13. The minimum absolute atomic E-state index is 0.142. The molecular formula is C21H17ClF2N4O3. The Hall–Kier alpha value is -3.20. The topological polar surface area (TPSA) is 78.3 Å². The van der Waals surface area contributed by atoms with Crippen LogP contribution in [0.25, 0.3) is 11.3 Å². The third kappa shape index (κ3) is 3.59. The summed E-state index contributed by atoms with van der Waals surface area (Å²) >= 11 is 6.19. The second-order valence-electron chi connectivity index (χ2n) is 7.49. The van der Waals surface area contributed by atoms with Gasteiger partial charge in [0.05, 0.1) is 23.1 Å². The van der Waals surface area contributed by atoms with Crippen LogP contribution in [0.15, 0.2) is 30.7 Å². The van der Waals surface area contributed by atoms with Gasteiger partial charge in [0.25, 0.3) is 5.91 Å². The summed E-state index contributed by atoms with van der Waals surface area (Å²) < 4.78 is 37.2. The molecule has 2 aliphatic rings. The van der Waals surface area contributed by atoms with Crippen molar-refractivity contribution in [2.45, 2.75) is 32.0 Å². The Morgan fingerprint density at radius 3 is 2.65 bits per heavy atom. The zero-order valence-corrected chi connectivity index (χ0v) is 17.2. The summed E-state index contributed by atoms with van der Waals surface area (Å²) in [5.41, 5.74) is 3.60. The number of nitrogens with one attached hydrogen (secondary N) is 1. The van der Waals surface area contributed by atoms with Gasteiger partial charge in [0.2, 0.25) is 0 Å². The SMILES string of the molecule is Cn1cc2c(c1C(=O)Nc1cnc(-c3cc4c(cc3Cl)OC(F)(F)O4)cn1)CCCC2. The van der Waals surface area contributed by atoms with Crippen LogP contribution in [0.5, 0.6) is 11.5 Å². The Balaban J connectivity index is 1.37. The molecule has 0 bridgehead atoms. The quantitative estimate of drug-likeness (QED) is 0.636. The molecule has 0 fully saturated rings. The van der Waals surface area contributed by atoms with Gasteiger partial charge in [-0.05, 0) is 42.9 Å². The van der Waals surface area contributed by atoms with Crippen LogP contribution in [0.2, 0.25) is 5.02 Å². The van der Waals surface area contributed by atoms with Gasteiger partial charge in [-0.2, -0.15) is 0 Å². The van der Waals surface area contributed by atoms with Gasteiger partial charge >= 0.3 is 6.29 Å². The number of nitrogens with zero attached hydrogens (tertiary/aromatic N) is 3. The summed E-state index contributed by atoms with van der Waals surface area (Å²) in [6.45, 7) is 0. The first kappa shape index (κ1) is 19.7. The van der Waals surface area contributed by atoms with Crippen molar-refractivity contribution in [1.29, 1.82) is 0 Å². The Bertz CT molecular complexity index is 1190. The highest BCUT2D eigenvalue weighted by molar-refractivity contribution is 6.33. The van der Waals surface area contributed by atoms with Gasteiger partial charge in [-0.1, -0.05) is 11.6 Å². The van der Waals surface area contributed by atoms with Gasteiger partial charge in [-0.3, -0.25) is 9.78 Å². The van der Waals surface area contributed by atoms with Crippen molar-refractivity contribution in [3.63, 3.8) is 0 Å². The highest BCUT2D eigenvalue weighted by Gasteiger charge is 2.44. The summed E-state index contributed by atoms with van der Waals surface area (Å²) in [5.74, 6) is -0.280. The maximum absolute atomic E-state index is 13.3. The zero-order chi connectivity index (χ0) is 21.8. The smallest absolute Gasteiger partial charge is 0.395 e. The van der Waals surface area contributed by atoms with E-state index in [9.17, 15) is 13.6 Å². The van der Waals surface area contributed by atoms with Crippen LogP contribution in [0, 0.1) is 0 Å². The summed E-state index contributed by atoms with van der Waals surface area (Å²) in [5, 5.41) is 2.93. The normalized spacial score (nSPS) is 16.1. The van der Waals surface area contributed by atoms with Crippen LogP contribution >= 0.6 is 11.6 Å². The Morgan fingerprint density at radius 2 is 1.90 bits per heavy atom. The number of aromatic nitrogens is 3. The van der Waals surface area contributed by atoms with Crippen molar-refractivity contribution >= 4 is 23.3 Å². The van der Waals surface area contributed by atoms with E-state index in [4.69, 9.17) is 11.6 Å². The fourth-order valence-corrected chi connectivity index (χ4v) is 4.28. The summed E-state index contributed by atoms with van der Waals surface area (Å²) in [6.07, 6.45) is 5.11. The number of carbonyl (C=O) groups is 1. The molecule has 1 aliphatic heterocycles. The molecule has 1 amide bonds. The van der Waals surface area contributed by atoms with E-state index in [1.165, 1.54) is 30.1 Å². The van der Waals surface area contributed by atoms with E-state index in [0.717, 1.165) is 31.2 Å². The average Bonchev–Trinajstić information content (AvgIpc) is 3.21. The van der Waals surface area contributed by atoms with E-state index in [0.29, 0.717) is 17.0 Å². The number of rotatable bonds is 3. The molecule has 1 aromatic carbocycles. The number of benzene rings is 1. The largest absolute Gasteiger partial charge is 0.586 e. The maximum Gasteiger partial charge on any atom is 0.586 e. The number of hydrogen-bond acceptors (Lipinski definition) is 5. The van der Waals surface area contributed by atoms with Crippen LogP contribution in [0.3, 0.4) is 0 Å². The molecule has 0 radical (unpaired) electrons. The average molecular weight is 447 g/mol. The highest BCUT2D eigenvalue weighted by atomic mass is 35.5. The van der Waals surface area contributed by atoms with Gasteiger partial charge in [-0.25, -0.2) is 4.98 Å². The van der Waals surface area contributed by atoms with Gasteiger partial charge < -0.3 is 19.4 Å². The van der Waals surface area contributed by atoms with Gasteiger partial charge in [0, 0.05) is 24.9 Å². The number of halogens is 3. The molecule has 0 saturated heterocycles. The molecule has 3 heterocycles. The molecular weight excluding hydrogens is 430 g/mol. The Kier molecular flexibility index (Phi) is 4.58. The molecule has 31 heavy (non-hydrogen) atoms. The van der Waals surface area contributed by atoms with Crippen molar-refractivity contribution in [3.8, 4) is 22.8 Å². The molecule has 2 aromatic heterocycles. The number of amides is 1. The molecule has 1 aliphatic carbocycles. The van der Waals surface area contributed by atoms with E-state index in [-0.39, 0.29) is 28.2 Å². The molecule has 0 saturated carbocycles. The molecule has 0 unspecified atom stereocenters. The zero-order valence-electron chi connectivity index (χ0n) is 16.4. The third-order valence-corrected chi connectivity index (χ3v) is 5.69. The second-order valence-corrected chi connectivity index (χ2v) is 7.89. The lowest BCUT2D eigenvalue weighted by atomic mass is 9.93. The van der Waals surface area contributed by atoms with E-state index >= 15 is 0 Å². The fourth-order valence-electron chi connectivity index (χ4n) is 4.03. The van der Waals surface area contributed by atoms with Crippen molar-refractivity contribution < 1.29 is 23.0 Å². The first-order chi connectivity index (χ1) is 14.8. The number of anilines is 1. The van der Waals surface area contributed by atoms with E-state index < -0.39 is 6.29 Å². The molecule has 7 nitrogen and oxygen atoms in total. The van der Waals surface area contributed by atoms with Crippen LogP contribution < -0.4 is 14.8 Å². The molecule has 0 spiro atoms. The highest BCUT2D eigenvalue weighted by Crippen LogP contribution is 2.45. The lowest BCUT2D eigenvalue weighted by Crippen LogP contribution is -2.25. The number of alkyl halides is 2. The minimum Gasteiger partial charge on any atom is -0.395 e. The standard InChI is InChI=1S/C21H17ClF2N4O3/c1-28-10-11-4-2-3-5-12(11)19(28)20(29)27-18-9-25-15(8-26-18)13-6-16-17(7-14(13)22)31-21(23,24)30-16/h6-10H,2-5H2,1H3,(H,26,27,29). The number of carbonyl (C=O) groups excluding carboxylic acids is 1. The van der Waals surface area contributed by atoms with Gasteiger partial charge in [0.1, 0.15) is 5.69 Å². The van der Waals surface area contributed by atoms with Gasteiger partial charge in [-0.15, -0.1) is 8.78 Å². The lowest BCUT2D eigenvalue weighted by molar-refractivity contribution is -0.286. The first-order valence-electron chi connectivity index (χ1n) is 9.71. The molecule has 5 rings (SSSR count). The molecule has 160 valence electrons. The Labute approximate surface area is 181 Å². The number of hydrogen-bond donors (Lipinski definition) is 1. The van der Waals surface area contributed by atoms with Crippen LogP contribution in [0.1, 0.15) is 34.5 Å². The van der Waals surface area contributed by atoms with Crippen LogP contribution in [-0.4, -0.2) is 26.7 Å². The number of fused-ring (bicyclic) bond motifs is 2. The minimum atomic E-state index is -3.74. The van der Waals surface area contributed by atoms with Crippen molar-refractivity contribution in [2.24, 2.45) is 7.05 Å². The van der Waals surface area contributed by atoms with Crippen molar-refractivity contribution in [1.82, 2.24) is 14.5 Å².